The van der Waals surface area contributed by atoms with E-state index in [-0.39, 0.29) is 5.82 Å². The van der Waals surface area contributed by atoms with E-state index in [1.54, 1.807) is 23.9 Å². The van der Waals surface area contributed by atoms with Crippen LogP contribution in [0.5, 0.6) is 0 Å². The van der Waals surface area contributed by atoms with Crippen molar-refractivity contribution in [2.75, 3.05) is 5.75 Å². The summed E-state index contributed by atoms with van der Waals surface area (Å²) in [5.74, 6) is 0.835. The highest BCUT2D eigenvalue weighted by atomic mass is 36.0. The molecular formula is C8H9Cl2FO2S2. The van der Waals surface area contributed by atoms with Gasteiger partial charge in [0.15, 0.2) is 0 Å². The Morgan fingerprint density at radius 3 is 2.33 bits per heavy atom. The van der Waals surface area contributed by atoms with E-state index in [0.29, 0.717) is 0 Å². The Balaban J connectivity index is 0.000000336. The van der Waals surface area contributed by atoms with E-state index in [2.05, 4.69) is 28.3 Å². The number of rotatable bonds is 2. The first-order valence-corrected chi connectivity index (χ1v) is 7.97. The molecule has 0 atom stereocenters. The number of thioether (sulfide) groups is 1. The summed E-state index contributed by atoms with van der Waals surface area (Å²) in [4.78, 5) is 1.00. The molecule has 15 heavy (non-hydrogen) atoms. The van der Waals surface area contributed by atoms with Crippen LogP contribution in [-0.4, -0.2) is 14.2 Å². The van der Waals surface area contributed by atoms with Crippen LogP contribution in [0.15, 0.2) is 29.2 Å². The van der Waals surface area contributed by atoms with Crippen molar-refractivity contribution in [2.45, 2.75) is 11.8 Å². The van der Waals surface area contributed by atoms with E-state index in [1.807, 2.05) is 6.07 Å². The largest absolute Gasteiger partial charge is 0.317 e. The number of benzene rings is 1. The summed E-state index contributed by atoms with van der Waals surface area (Å²) in [6, 6.07) is 6.65. The van der Waals surface area contributed by atoms with E-state index in [9.17, 15) is 4.39 Å². The lowest BCUT2D eigenvalue weighted by molar-refractivity contribution is 0.621. The van der Waals surface area contributed by atoms with Crippen molar-refractivity contribution in [3.63, 3.8) is 0 Å². The highest BCUT2D eigenvalue weighted by Gasteiger charge is 1.92. The first kappa shape index (κ1) is 15.0. The van der Waals surface area contributed by atoms with Gasteiger partial charge in [-0.1, -0.05) is 13.0 Å². The fourth-order valence-corrected chi connectivity index (χ4v) is 1.43. The Hall–Kier alpha value is 0.0300. The van der Waals surface area contributed by atoms with E-state index in [4.69, 9.17) is 8.42 Å². The molecule has 0 N–H and O–H groups in total. The molecule has 0 unspecified atom stereocenters. The molecule has 7 heteroatoms. The van der Waals surface area contributed by atoms with Crippen molar-refractivity contribution in [3.05, 3.63) is 30.1 Å². The van der Waals surface area contributed by atoms with Crippen molar-refractivity contribution in [1.82, 2.24) is 0 Å². The normalized spacial score (nSPS) is 10.4. The molecule has 0 heterocycles. The number of hydrogen-bond donors (Lipinski definition) is 0. The minimum absolute atomic E-state index is 0.154. The first-order chi connectivity index (χ1) is 6.83. The minimum Gasteiger partial charge on any atom is -0.207 e. The predicted molar refractivity (Wildman–Crippen MR) is 63.4 cm³/mol. The maximum Gasteiger partial charge on any atom is 0.317 e. The molecule has 0 bridgehead atoms. The molecule has 0 aliphatic rings. The topological polar surface area (TPSA) is 34.1 Å². The van der Waals surface area contributed by atoms with Crippen LogP contribution in [0, 0.1) is 5.82 Å². The van der Waals surface area contributed by atoms with E-state index in [1.165, 1.54) is 6.07 Å². The highest BCUT2D eigenvalue weighted by molar-refractivity contribution is 8.31. The van der Waals surface area contributed by atoms with Gasteiger partial charge in [-0.05, 0) is 24.0 Å². The van der Waals surface area contributed by atoms with Crippen LogP contribution in [0.3, 0.4) is 0 Å². The molecule has 0 fully saturated rings. The van der Waals surface area contributed by atoms with Crippen molar-refractivity contribution >= 4 is 41.4 Å². The van der Waals surface area contributed by atoms with Gasteiger partial charge in [-0.15, -0.1) is 11.8 Å². The van der Waals surface area contributed by atoms with Crippen LogP contribution in [0.2, 0.25) is 0 Å². The van der Waals surface area contributed by atoms with Gasteiger partial charge in [-0.25, -0.2) is 4.39 Å². The molecule has 0 aromatic heterocycles. The lowest BCUT2D eigenvalue weighted by atomic mass is 10.4. The smallest absolute Gasteiger partial charge is 0.207 e. The van der Waals surface area contributed by atoms with Gasteiger partial charge in [-0.2, -0.15) is 8.42 Å². The summed E-state index contributed by atoms with van der Waals surface area (Å²) >= 11 is 1.65. The van der Waals surface area contributed by atoms with Crippen molar-refractivity contribution in [2.24, 2.45) is 0 Å². The molecule has 0 saturated carbocycles. The van der Waals surface area contributed by atoms with Gasteiger partial charge in [0.05, 0.1) is 0 Å². The molecule has 1 rings (SSSR count). The average Bonchev–Trinajstić information content (AvgIpc) is 2.01. The molecule has 0 amide bonds. The zero-order valence-electron chi connectivity index (χ0n) is 7.78. The fraction of sp³-hybridized carbons (Fsp3) is 0.250. The fourth-order valence-electron chi connectivity index (χ4n) is 0.723. The van der Waals surface area contributed by atoms with Gasteiger partial charge < -0.3 is 0 Å². The van der Waals surface area contributed by atoms with Crippen LogP contribution in [0.25, 0.3) is 0 Å². The molecule has 0 radical (unpaired) electrons. The molecule has 86 valence electrons. The van der Waals surface area contributed by atoms with Crippen LogP contribution in [0.1, 0.15) is 6.92 Å². The van der Waals surface area contributed by atoms with Crippen molar-refractivity contribution in [3.8, 4) is 0 Å². The highest BCUT2D eigenvalue weighted by Crippen LogP contribution is 2.17. The van der Waals surface area contributed by atoms with Crippen LogP contribution in [-0.2, 0) is 8.26 Å². The van der Waals surface area contributed by atoms with Gasteiger partial charge in [0.1, 0.15) is 5.82 Å². The van der Waals surface area contributed by atoms with Crippen LogP contribution >= 0.6 is 33.1 Å². The standard InChI is InChI=1S/C8H9FS.Cl2O2S/c1-2-10-8-5-3-4-7(9)6-8;1-5(2,3)4/h3-6H,2H2,1H3;. The lowest BCUT2D eigenvalue weighted by Crippen LogP contribution is -1.74. The summed E-state index contributed by atoms with van der Waals surface area (Å²) in [5, 5.41) is 0. The minimum atomic E-state index is -3.72. The summed E-state index contributed by atoms with van der Waals surface area (Å²) in [6.07, 6.45) is 0. The number of hydrogen-bond acceptors (Lipinski definition) is 3. The zero-order valence-corrected chi connectivity index (χ0v) is 10.9. The molecule has 0 saturated heterocycles. The summed E-state index contributed by atoms with van der Waals surface area (Å²) in [6.45, 7) is 2.05. The second kappa shape index (κ2) is 7.33. The second-order valence-electron chi connectivity index (χ2n) is 2.27. The van der Waals surface area contributed by atoms with Crippen LogP contribution < -0.4 is 0 Å². The Morgan fingerprint density at radius 1 is 1.40 bits per heavy atom. The van der Waals surface area contributed by atoms with Crippen molar-refractivity contribution < 1.29 is 12.8 Å². The third-order valence-electron chi connectivity index (χ3n) is 1.11. The number of halogens is 3. The second-order valence-corrected chi connectivity index (χ2v) is 7.27. The van der Waals surface area contributed by atoms with Gasteiger partial charge >= 0.3 is 8.26 Å². The van der Waals surface area contributed by atoms with Crippen LogP contribution in [0.4, 0.5) is 4.39 Å². The van der Waals surface area contributed by atoms with E-state index < -0.39 is 8.26 Å². The molecule has 2 nitrogen and oxygen atoms in total. The monoisotopic (exact) mass is 290 g/mol. The summed E-state index contributed by atoms with van der Waals surface area (Å²) < 4.78 is 30.8. The van der Waals surface area contributed by atoms with Gasteiger partial charge in [0, 0.05) is 26.3 Å². The molecule has 1 aromatic carbocycles. The molecular weight excluding hydrogens is 282 g/mol. The molecule has 0 aliphatic heterocycles. The summed E-state index contributed by atoms with van der Waals surface area (Å²) in [7, 11) is 4.81. The quantitative estimate of drug-likeness (QED) is 0.616. The lowest BCUT2D eigenvalue weighted by Gasteiger charge is -1.95. The third kappa shape index (κ3) is 12.0. The third-order valence-corrected chi connectivity index (χ3v) is 1.98. The summed E-state index contributed by atoms with van der Waals surface area (Å²) in [5.41, 5.74) is 0. The molecule has 0 spiro atoms. The average molecular weight is 291 g/mol. The maximum absolute atomic E-state index is 12.5. The Labute approximate surface area is 102 Å². The Bertz CT molecular complexity index is 387. The Morgan fingerprint density at radius 2 is 1.93 bits per heavy atom. The van der Waals surface area contributed by atoms with Gasteiger partial charge in [0.2, 0.25) is 0 Å². The van der Waals surface area contributed by atoms with E-state index >= 15 is 0 Å². The SMILES string of the molecule is CCSc1cccc(F)c1.O=S(=O)(Cl)Cl. The van der Waals surface area contributed by atoms with Gasteiger partial charge in [-0.3, -0.25) is 0 Å². The van der Waals surface area contributed by atoms with E-state index in [0.717, 1.165) is 10.6 Å². The van der Waals surface area contributed by atoms with Gasteiger partial charge in [0.25, 0.3) is 0 Å². The first-order valence-electron chi connectivity index (χ1n) is 3.85. The molecule has 0 aliphatic carbocycles. The molecule has 1 aromatic rings. The van der Waals surface area contributed by atoms with Crippen molar-refractivity contribution in [1.29, 1.82) is 0 Å². The zero-order chi connectivity index (χ0) is 11.9. The maximum atomic E-state index is 12.5. The predicted octanol–water partition coefficient (Wildman–Crippen LogP) is 3.65. The Kier molecular flexibility index (Phi) is 7.34.